The van der Waals surface area contributed by atoms with Crippen LogP contribution in [0.15, 0.2) is 11.7 Å². The van der Waals surface area contributed by atoms with E-state index >= 15 is 0 Å². The van der Waals surface area contributed by atoms with Gasteiger partial charge in [-0.3, -0.25) is 14.6 Å². The summed E-state index contributed by atoms with van der Waals surface area (Å²) in [6.45, 7) is 3.99. The molecular weight excluding hydrogens is 240 g/mol. The lowest BCUT2D eigenvalue weighted by molar-refractivity contribution is -0.139. The van der Waals surface area contributed by atoms with E-state index in [2.05, 4.69) is 10.3 Å². The van der Waals surface area contributed by atoms with Crippen molar-refractivity contribution < 1.29 is 14.7 Å². The summed E-state index contributed by atoms with van der Waals surface area (Å²) in [5.74, 6) is -1.02. The molecule has 0 aliphatic heterocycles. The van der Waals surface area contributed by atoms with Crippen LogP contribution in [-0.2, 0) is 16.1 Å². The minimum atomic E-state index is -0.884. The number of nitrogens with one attached hydrogen (secondary N) is 1. The van der Waals surface area contributed by atoms with Crippen molar-refractivity contribution in [2.75, 3.05) is 0 Å². The van der Waals surface area contributed by atoms with Gasteiger partial charge in [0.25, 0.3) is 0 Å². The van der Waals surface area contributed by atoms with Crippen molar-refractivity contribution in [2.24, 2.45) is 5.41 Å². The van der Waals surface area contributed by atoms with Crippen molar-refractivity contribution in [3.8, 4) is 0 Å². The van der Waals surface area contributed by atoms with Crippen LogP contribution < -0.4 is 5.32 Å². The van der Waals surface area contributed by atoms with Crippen LogP contribution in [0, 0.1) is 5.41 Å². The highest BCUT2D eigenvalue weighted by molar-refractivity contribution is 7.09. The Balaban J connectivity index is 2.36. The molecule has 0 atom stereocenters. The first-order chi connectivity index (χ1) is 7.89. The Kier molecular flexibility index (Phi) is 4.62. The molecule has 0 saturated carbocycles. The van der Waals surface area contributed by atoms with E-state index in [1.165, 1.54) is 11.3 Å². The maximum Gasteiger partial charge on any atom is 0.303 e. The first-order valence-electron chi connectivity index (χ1n) is 5.25. The second kappa shape index (κ2) is 5.77. The molecule has 0 spiro atoms. The van der Waals surface area contributed by atoms with Crippen LogP contribution in [0.2, 0.25) is 0 Å². The molecule has 1 rings (SSSR count). The average Bonchev–Trinajstić information content (AvgIpc) is 2.63. The van der Waals surface area contributed by atoms with Crippen molar-refractivity contribution in [2.45, 2.75) is 33.2 Å². The van der Waals surface area contributed by atoms with Crippen LogP contribution in [0.5, 0.6) is 0 Å². The molecule has 0 aliphatic carbocycles. The van der Waals surface area contributed by atoms with Gasteiger partial charge in [0.1, 0.15) is 0 Å². The standard InChI is InChI=1S/C11H16N2O3S/c1-11(2,4-10(15)16)3-9(14)13-6-8-5-12-7-17-8/h5,7H,3-4,6H2,1-2H3,(H,13,14)(H,15,16). The molecule has 1 aromatic heterocycles. The van der Waals surface area contributed by atoms with Crippen molar-refractivity contribution >= 4 is 23.2 Å². The predicted molar refractivity (Wildman–Crippen MR) is 64.6 cm³/mol. The number of carbonyl (C=O) groups excluding carboxylic acids is 1. The van der Waals surface area contributed by atoms with Crippen LogP contribution in [0.1, 0.15) is 31.6 Å². The molecule has 0 saturated heterocycles. The molecule has 6 heteroatoms. The van der Waals surface area contributed by atoms with Crippen LogP contribution >= 0.6 is 11.3 Å². The Bertz CT molecular complexity index is 387. The molecule has 94 valence electrons. The Morgan fingerprint density at radius 1 is 1.47 bits per heavy atom. The third-order valence-electron chi connectivity index (χ3n) is 2.21. The summed E-state index contributed by atoms with van der Waals surface area (Å²) < 4.78 is 0. The van der Waals surface area contributed by atoms with Gasteiger partial charge in [-0.2, -0.15) is 0 Å². The quantitative estimate of drug-likeness (QED) is 0.811. The van der Waals surface area contributed by atoms with Gasteiger partial charge in [0, 0.05) is 17.5 Å². The number of hydrogen-bond acceptors (Lipinski definition) is 4. The van der Waals surface area contributed by atoms with Gasteiger partial charge in [0.2, 0.25) is 5.91 Å². The first-order valence-corrected chi connectivity index (χ1v) is 6.13. The molecule has 17 heavy (non-hydrogen) atoms. The van der Waals surface area contributed by atoms with Crippen LogP contribution in [0.3, 0.4) is 0 Å². The van der Waals surface area contributed by atoms with E-state index in [9.17, 15) is 9.59 Å². The van der Waals surface area contributed by atoms with Crippen LogP contribution in [0.25, 0.3) is 0 Å². The number of nitrogens with zero attached hydrogens (tertiary/aromatic N) is 1. The van der Waals surface area contributed by atoms with Crippen molar-refractivity contribution in [1.82, 2.24) is 10.3 Å². The molecule has 0 bridgehead atoms. The molecule has 0 fully saturated rings. The van der Waals surface area contributed by atoms with Crippen LogP contribution in [0.4, 0.5) is 0 Å². The second-order valence-corrected chi connectivity index (χ2v) is 5.63. The van der Waals surface area contributed by atoms with E-state index < -0.39 is 11.4 Å². The topological polar surface area (TPSA) is 79.3 Å². The van der Waals surface area contributed by atoms with E-state index in [4.69, 9.17) is 5.11 Å². The molecule has 1 aromatic rings. The fourth-order valence-corrected chi connectivity index (χ4v) is 2.02. The summed E-state index contributed by atoms with van der Waals surface area (Å²) in [5.41, 5.74) is 1.18. The monoisotopic (exact) mass is 256 g/mol. The van der Waals surface area contributed by atoms with Crippen molar-refractivity contribution in [1.29, 1.82) is 0 Å². The van der Waals surface area contributed by atoms with E-state index in [-0.39, 0.29) is 18.7 Å². The zero-order chi connectivity index (χ0) is 12.9. The third kappa shape index (κ3) is 5.44. The summed E-state index contributed by atoms with van der Waals surface area (Å²) in [6, 6.07) is 0. The third-order valence-corrected chi connectivity index (χ3v) is 2.99. The zero-order valence-corrected chi connectivity index (χ0v) is 10.7. The molecule has 2 N–H and O–H groups in total. The summed E-state index contributed by atoms with van der Waals surface area (Å²) in [6.07, 6.45) is 1.90. The van der Waals surface area contributed by atoms with E-state index in [0.717, 1.165) is 4.88 Å². The highest BCUT2D eigenvalue weighted by Gasteiger charge is 2.24. The molecule has 0 aromatic carbocycles. The van der Waals surface area contributed by atoms with Crippen LogP contribution in [-0.4, -0.2) is 22.0 Å². The SMILES string of the molecule is CC(C)(CC(=O)O)CC(=O)NCc1cncs1. The molecule has 1 amide bonds. The molecule has 0 aliphatic rings. The predicted octanol–water partition coefficient (Wildman–Crippen LogP) is 1.65. The van der Waals surface area contributed by atoms with Gasteiger partial charge in [0.15, 0.2) is 0 Å². The lowest BCUT2D eigenvalue weighted by Crippen LogP contribution is -2.29. The lowest BCUT2D eigenvalue weighted by Gasteiger charge is -2.21. The average molecular weight is 256 g/mol. The Morgan fingerprint density at radius 3 is 2.71 bits per heavy atom. The number of aliphatic carboxylic acids is 1. The molecular formula is C11H16N2O3S. The van der Waals surface area contributed by atoms with Gasteiger partial charge in [0.05, 0.1) is 18.5 Å². The number of aromatic nitrogens is 1. The van der Waals surface area contributed by atoms with Gasteiger partial charge in [-0.25, -0.2) is 0 Å². The Morgan fingerprint density at radius 2 is 2.18 bits per heavy atom. The molecule has 0 radical (unpaired) electrons. The minimum Gasteiger partial charge on any atom is -0.481 e. The van der Waals surface area contributed by atoms with Gasteiger partial charge in [-0.1, -0.05) is 13.8 Å². The van der Waals surface area contributed by atoms with Crippen molar-refractivity contribution in [3.63, 3.8) is 0 Å². The fraction of sp³-hybridized carbons (Fsp3) is 0.545. The first kappa shape index (κ1) is 13.6. The highest BCUT2D eigenvalue weighted by atomic mass is 32.1. The summed E-state index contributed by atoms with van der Waals surface area (Å²) in [7, 11) is 0. The summed E-state index contributed by atoms with van der Waals surface area (Å²) >= 11 is 1.47. The number of carbonyl (C=O) groups is 2. The largest absolute Gasteiger partial charge is 0.481 e. The lowest BCUT2D eigenvalue weighted by atomic mass is 9.85. The fourth-order valence-electron chi connectivity index (χ4n) is 1.48. The van der Waals surface area contributed by atoms with Gasteiger partial charge < -0.3 is 10.4 Å². The Labute approximate surface area is 104 Å². The minimum absolute atomic E-state index is 0.0129. The molecule has 0 unspecified atom stereocenters. The Hall–Kier alpha value is -1.43. The number of amides is 1. The summed E-state index contributed by atoms with van der Waals surface area (Å²) in [4.78, 5) is 27.1. The number of hydrogen-bond donors (Lipinski definition) is 2. The van der Waals surface area contributed by atoms with Gasteiger partial charge in [-0.15, -0.1) is 11.3 Å². The van der Waals surface area contributed by atoms with E-state index in [1.54, 1.807) is 25.6 Å². The second-order valence-electron chi connectivity index (χ2n) is 4.66. The summed E-state index contributed by atoms with van der Waals surface area (Å²) in [5, 5.41) is 11.5. The number of carboxylic acids is 1. The maximum absolute atomic E-state index is 11.6. The highest BCUT2D eigenvalue weighted by Crippen LogP contribution is 2.24. The number of thiazole rings is 1. The van der Waals surface area contributed by atoms with Crippen molar-refractivity contribution in [3.05, 3.63) is 16.6 Å². The smallest absolute Gasteiger partial charge is 0.303 e. The normalized spacial score (nSPS) is 11.2. The van der Waals surface area contributed by atoms with Gasteiger partial charge >= 0.3 is 5.97 Å². The van der Waals surface area contributed by atoms with Gasteiger partial charge in [-0.05, 0) is 5.41 Å². The molecule has 1 heterocycles. The molecule has 5 nitrogen and oxygen atoms in total. The number of carboxylic acid groups (broad SMARTS) is 1. The number of rotatable bonds is 6. The zero-order valence-electron chi connectivity index (χ0n) is 9.90. The van der Waals surface area contributed by atoms with E-state index in [0.29, 0.717) is 6.54 Å². The van der Waals surface area contributed by atoms with E-state index in [1.807, 2.05) is 0 Å². The maximum atomic E-state index is 11.6.